The van der Waals surface area contributed by atoms with Crippen molar-refractivity contribution in [3.63, 3.8) is 0 Å². The summed E-state index contributed by atoms with van der Waals surface area (Å²) in [4.78, 5) is 7.12. The molecule has 320 valence electrons. The van der Waals surface area contributed by atoms with Crippen molar-refractivity contribution in [1.82, 2.24) is 0 Å². The van der Waals surface area contributed by atoms with Crippen molar-refractivity contribution in [3.8, 4) is 11.1 Å². The lowest BCUT2D eigenvalue weighted by Gasteiger charge is -2.26. The van der Waals surface area contributed by atoms with Crippen LogP contribution in [0, 0.1) is 0 Å². The average Bonchev–Trinajstić information content (AvgIpc) is 4.01. The summed E-state index contributed by atoms with van der Waals surface area (Å²) in [6, 6.07) is 78.9. The Kier molecular flexibility index (Phi) is 11.1. The molecule has 0 amide bonds. The van der Waals surface area contributed by atoms with Crippen LogP contribution in [0.15, 0.2) is 238 Å². The molecule has 11 rings (SSSR count). The summed E-state index contributed by atoms with van der Waals surface area (Å²) < 4.78 is 2.40. The summed E-state index contributed by atoms with van der Waals surface area (Å²) in [5.41, 5.74) is 13.3. The Morgan fingerprint density at radius 2 is 0.731 bits per heavy atom. The van der Waals surface area contributed by atoms with E-state index in [1.54, 1.807) is 11.3 Å². The molecule has 9 aromatic carbocycles. The lowest BCUT2D eigenvalue weighted by Crippen LogP contribution is -2.09. The molecule has 3 nitrogen and oxygen atoms in total. The number of rotatable bonds is 13. The Morgan fingerprint density at radius 1 is 0.313 bits per heavy atom. The predicted molar refractivity (Wildman–Crippen MR) is 294 cm³/mol. The minimum Gasteiger partial charge on any atom is -0.310 e. The van der Waals surface area contributed by atoms with Gasteiger partial charge in [0.15, 0.2) is 0 Å². The number of anilines is 9. The van der Waals surface area contributed by atoms with Gasteiger partial charge in [-0.05, 0) is 135 Å². The van der Waals surface area contributed by atoms with Crippen molar-refractivity contribution in [2.75, 3.05) is 14.7 Å². The van der Waals surface area contributed by atoms with Gasteiger partial charge in [0.05, 0.1) is 5.69 Å². The van der Waals surface area contributed by atoms with Crippen LogP contribution in [0.3, 0.4) is 0 Å². The molecule has 2 aromatic heterocycles. The summed E-state index contributed by atoms with van der Waals surface area (Å²) >= 11 is 3.60. The lowest BCUT2D eigenvalue weighted by molar-refractivity contribution is 1.30. The minimum absolute atomic E-state index is 1.08. The molecule has 11 aromatic rings. The van der Waals surface area contributed by atoms with E-state index in [0.717, 1.165) is 66.5 Å². The minimum atomic E-state index is 1.08. The van der Waals surface area contributed by atoms with Gasteiger partial charge in [0.2, 0.25) is 0 Å². The summed E-state index contributed by atoms with van der Waals surface area (Å²) in [7, 11) is 0. The zero-order valence-electron chi connectivity index (χ0n) is 36.8. The largest absolute Gasteiger partial charge is 0.310 e. The third kappa shape index (κ3) is 8.12. The first-order valence-electron chi connectivity index (χ1n) is 22.3. The smallest absolute Gasteiger partial charge is 0.101 e. The number of hydrogen-bond donors (Lipinski definition) is 0. The van der Waals surface area contributed by atoms with Gasteiger partial charge in [0.25, 0.3) is 0 Å². The fourth-order valence-corrected chi connectivity index (χ4v) is 11.1. The molecule has 0 N–H and O–H groups in total. The number of hydrogen-bond acceptors (Lipinski definition) is 5. The number of nitrogens with zero attached hydrogens (tertiary/aromatic N) is 3. The van der Waals surface area contributed by atoms with Crippen molar-refractivity contribution >= 4 is 122 Å². The first-order valence-corrected chi connectivity index (χ1v) is 24.0. The molecule has 0 bridgehead atoms. The summed E-state index contributed by atoms with van der Waals surface area (Å²) in [5.74, 6) is 0. The van der Waals surface area contributed by atoms with Crippen molar-refractivity contribution in [2.24, 2.45) is 0 Å². The molecule has 2 heterocycles. The molecule has 0 aliphatic rings. The second-order valence-corrected chi connectivity index (χ2v) is 18.5. The molecule has 5 heteroatoms. The van der Waals surface area contributed by atoms with Gasteiger partial charge in [-0.2, -0.15) is 0 Å². The zero-order chi connectivity index (χ0) is 45.3. The van der Waals surface area contributed by atoms with Gasteiger partial charge in [0, 0.05) is 48.9 Å². The second-order valence-electron chi connectivity index (χ2n) is 16.4. The first kappa shape index (κ1) is 41.5. The SMILES string of the molecule is C=Cc1ccc(N(c2ccc(C=C)cc2)c2cc3ccc(N(c4ccc(-c5ccccc5)cc4)c4ccc5cc(N(c6ccc(C=C)cc6)c6cccc7ccccc67)sc5c4)cc3s2)cc1. The Labute approximate surface area is 400 Å². The Balaban J connectivity index is 1.03. The fourth-order valence-electron chi connectivity index (χ4n) is 8.86. The monoisotopic (exact) mass is 895 g/mol. The molecule has 0 saturated heterocycles. The molecule has 0 aliphatic heterocycles. The summed E-state index contributed by atoms with van der Waals surface area (Å²) in [5, 5.41) is 7.06. The fraction of sp³-hybridized carbons (Fsp3) is 0. The number of fused-ring (bicyclic) bond motifs is 3. The quantitative estimate of drug-likeness (QED) is 0.114. The van der Waals surface area contributed by atoms with Crippen LogP contribution < -0.4 is 14.7 Å². The van der Waals surface area contributed by atoms with Gasteiger partial charge in [-0.1, -0.05) is 165 Å². The van der Waals surface area contributed by atoms with E-state index in [0.29, 0.717) is 0 Å². The summed E-state index contributed by atoms with van der Waals surface area (Å²) in [6.07, 6.45) is 5.66. The van der Waals surface area contributed by atoms with Crippen molar-refractivity contribution < 1.29 is 0 Å². The van der Waals surface area contributed by atoms with E-state index < -0.39 is 0 Å². The Morgan fingerprint density at radius 3 is 1.27 bits per heavy atom. The van der Waals surface area contributed by atoms with Crippen LogP contribution in [-0.4, -0.2) is 0 Å². The van der Waals surface area contributed by atoms with E-state index in [1.165, 1.54) is 42.1 Å². The van der Waals surface area contributed by atoms with E-state index in [4.69, 9.17) is 0 Å². The maximum absolute atomic E-state index is 4.01. The molecule has 0 spiro atoms. The topological polar surface area (TPSA) is 9.72 Å². The molecule has 0 unspecified atom stereocenters. The molecule has 0 atom stereocenters. The highest BCUT2D eigenvalue weighted by molar-refractivity contribution is 7.23. The Bertz CT molecular complexity index is 3510. The first-order chi connectivity index (χ1) is 33.0. The van der Waals surface area contributed by atoms with Crippen LogP contribution in [0.2, 0.25) is 0 Å². The van der Waals surface area contributed by atoms with E-state index in [2.05, 4.69) is 253 Å². The van der Waals surface area contributed by atoms with Crippen LogP contribution >= 0.6 is 22.7 Å². The Hall–Kier alpha value is -8.22. The van der Waals surface area contributed by atoms with E-state index in [1.807, 2.05) is 29.6 Å². The zero-order valence-corrected chi connectivity index (χ0v) is 38.4. The predicted octanol–water partition coefficient (Wildman–Crippen LogP) is 19.3. The van der Waals surface area contributed by atoms with Gasteiger partial charge in [-0.3, -0.25) is 0 Å². The average molecular weight is 896 g/mol. The van der Waals surface area contributed by atoms with Crippen molar-refractivity contribution in [3.05, 3.63) is 255 Å². The van der Waals surface area contributed by atoms with E-state index >= 15 is 0 Å². The highest BCUT2D eigenvalue weighted by Gasteiger charge is 2.21. The molecule has 0 aliphatic carbocycles. The highest BCUT2D eigenvalue weighted by atomic mass is 32.1. The van der Waals surface area contributed by atoms with Crippen molar-refractivity contribution in [1.29, 1.82) is 0 Å². The van der Waals surface area contributed by atoms with Crippen molar-refractivity contribution in [2.45, 2.75) is 0 Å². The highest BCUT2D eigenvalue weighted by Crippen LogP contribution is 2.48. The third-order valence-corrected chi connectivity index (χ3v) is 14.5. The second kappa shape index (κ2) is 18.0. The van der Waals surface area contributed by atoms with Gasteiger partial charge in [-0.25, -0.2) is 0 Å². The third-order valence-electron chi connectivity index (χ3n) is 12.3. The van der Waals surface area contributed by atoms with Crippen LogP contribution in [-0.2, 0) is 0 Å². The van der Waals surface area contributed by atoms with Crippen LogP contribution in [0.25, 0.3) is 60.3 Å². The van der Waals surface area contributed by atoms with E-state index in [-0.39, 0.29) is 0 Å². The molecule has 67 heavy (non-hydrogen) atoms. The number of thiophene rings is 2. The van der Waals surface area contributed by atoms with Crippen LogP contribution in [0.4, 0.5) is 49.8 Å². The van der Waals surface area contributed by atoms with E-state index in [9.17, 15) is 0 Å². The molecule has 0 saturated carbocycles. The van der Waals surface area contributed by atoms with Gasteiger partial charge >= 0.3 is 0 Å². The van der Waals surface area contributed by atoms with Gasteiger partial charge in [0.1, 0.15) is 10.0 Å². The standard InChI is InChI=1S/C62H45N3S2/c1-4-43-19-29-52(30-20-43)64(53-31-21-44(5-2)22-32-53)61-39-49-27-37-55(41-59(49)66-61)63(51-35-25-47(26-36-51)46-13-8-7-9-14-46)56-38-28-50-40-62(67-60(50)42-56)65(54-33-23-45(6-3)24-34-54)58-18-12-16-48-15-10-11-17-57(48)58/h4-42H,1-3H2. The lowest BCUT2D eigenvalue weighted by atomic mass is 10.0. The van der Waals surface area contributed by atoms with Gasteiger partial charge < -0.3 is 14.7 Å². The molecular formula is C62H45N3S2. The molecule has 0 fully saturated rings. The summed E-state index contributed by atoms with van der Waals surface area (Å²) in [6.45, 7) is 12.0. The van der Waals surface area contributed by atoms with Crippen LogP contribution in [0.1, 0.15) is 16.7 Å². The normalized spacial score (nSPS) is 11.2. The maximum Gasteiger partial charge on any atom is 0.101 e. The molecule has 0 radical (unpaired) electrons. The number of benzene rings is 9. The molecular weight excluding hydrogens is 851 g/mol. The maximum atomic E-state index is 4.01. The van der Waals surface area contributed by atoms with Crippen LogP contribution in [0.5, 0.6) is 0 Å². The van der Waals surface area contributed by atoms with Gasteiger partial charge in [-0.15, -0.1) is 22.7 Å².